The Balaban J connectivity index is 1.74. The fourth-order valence-corrected chi connectivity index (χ4v) is 2.18. The Kier molecular flexibility index (Phi) is 3.44. The minimum absolute atomic E-state index is 0.344. The van der Waals surface area contributed by atoms with Crippen molar-refractivity contribution >= 4 is 11.5 Å². The quantitative estimate of drug-likeness (QED) is 0.825. The van der Waals surface area contributed by atoms with Gasteiger partial charge in [-0.15, -0.1) is 5.10 Å². The van der Waals surface area contributed by atoms with E-state index < -0.39 is 6.10 Å². The summed E-state index contributed by atoms with van der Waals surface area (Å²) in [6.45, 7) is 0.874. The van der Waals surface area contributed by atoms with E-state index in [2.05, 4.69) is 9.59 Å². The second kappa shape index (κ2) is 4.82. The van der Waals surface area contributed by atoms with Crippen LogP contribution in [0.5, 0.6) is 0 Å². The van der Waals surface area contributed by atoms with Gasteiger partial charge < -0.3 is 9.84 Å². The molecule has 1 aliphatic rings. The van der Waals surface area contributed by atoms with Crippen LogP contribution >= 0.6 is 11.5 Å². The summed E-state index contributed by atoms with van der Waals surface area (Å²) in [5, 5.41) is 15.3. The molecule has 0 aromatic carbocycles. The van der Waals surface area contributed by atoms with E-state index >= 15 is 0 Å². The Morgan fingerprint density at radius 2 is 2.64 bits per heavy atom. The number of aromatic nitrogens is 2. The highest BCUT2D eigenvalue weighted by Crippen LogP contribution is 2.22. The Labute approximate surface area is 87.1 Å². The van der Waals surface area contributed by atoms with Gasteiger partial charge in [-0.3, -0.25) is 0 Å². The zero-order valence-corrected chi connectivity index (χ0v) is 8.74. The smallest absolute Gasteiger partial charge is 0.104 e. The monoisotopic (exact) mass is 214 g/mol. The lowest BCUT2D eigenvalue weighted by Crippen LogP contribution is -2.08. The molecule has 1 fully saturated rings. The van der Waals surface area contributed by atoms with Crippen LogP contribution in [0.1, 0.15) is 37.5 Å². The molecule has 2 rings (SSSR count). The van der Waals surface area contributed by atoms with Gasteiger partial charge >= 0.3 is 0 Å². The van der Waals surface area contributed by atoms with Gasteiger partial charge in [-0.25, -0.2) is 0 Å². The molecule has 78 valence electrons. The molecule has 5 heteroatoms. The Morgan fingerprint density at radius 3 is 3.29 bits per heavy atom. The predicted octanol–water partition coefficient (Wildman–Crippen LogP) is 1.53. The van der Waals surface area contributed by atoms with Crippen molar-refractivity contribution in [1.29, 1.82) is 0 Å². The van der Waals surface area contributed by atoms with Crippen molar-refractivity contribution in [3.8, 4) is 0 Å². The lowest BCUT2D eigenvalue weighted by atomic mass is 10.1. The molecule has 4 nitrogen and oxygen atoms in total. The van der Waals surface area contributed by atoms with E-state index in [9.17, 15) is 5.11 Å². The van der Waals surface area contributed by atoms with E-state index in [0.717, 1.165) is 32.3 Å². The molecule has 2 atom stereocenters. The fourth-order valence-electron chi connectivity index (χ4n) is 1.68. The van der Waals surface area contributed by atoms with E-state index in [1.807, 2.05) is 0 Å². The molecule has 1 N–H and O–H groups in total. The van der Waals surface area contributed by atoms with Gasteiger partial charge in [-0.1, -0.05) is 4.49 Å². The summed E-state index contributed by atoms with van der Waals surface area (Å²) in [5.74, 6) is 0. The number of nitrogens with zero attached hydrogens (tertiary/aromatic N) is 2. The summed E-state index contributed by atoms with van der Waals surface area (Å²) in [6.07, 6.45) is 3.78. The summed E-state index contributed by atoms with van der Waals surface area (Å²) >= 11 is 1.27. The maximum atomic E-state index is 9.72. The van der Waals surface area contributed by atoms with E-state index in [4.69, 9.17) is 4.74 Å². The van der Waals surface area contributed by atoms with Crippen LogP contribution < -0.4 is 0 Å². The van der Waals surface area contributed by atoms with E-state index in [0.29, 0.717) is 11.8 Å². The van der Waals surface area contributed by atoms with Crippen LogP contribution in [-0.4, -0.2) is 27.4 Å². The highest BCUT2D eigenvalue weighted by atomic mass is 32.1. The van der Waals surface area contributed by atoms with Crippen molar-refractivity contribution in [2.75, 3.05) is 6.61 Å². The van der Waals surface area contributed by atoms with Gasteiger partial charge in [-0.05, 0) is 37.2 Å². The number of ether oxygens (including phenoxy) is 1. The van der Waals surface area contributed by atoms with E-state index in [-0.39, 0.29) is 0 Å². The third-order valence-corrected chi connectivity index (χ3v) is 3.03. The molecular formula is C9H14N2O2S. The first kappa shape index (κ1) is 10.0. The Hall–Kier alpha value is -0.520. The van der Waals surface area contributed by atoms with Crippen molar-refractivity contribution < 1.29 is 9.84 Å². The zero-order valence-electron chi connectivity index (χ0n) is 7.93. The van der Waals surface area contributed by atoms with Gasteiger partial charge in [0, 0.05) is 12.0 Å². The van der Waals surface area contributed by atoms with Gasteiger partial charge in [0.1, 0.15) is 5.69 Å². The summed E-state index contributed by atoms with van der Waals surface area (Å²) < 4.78 is 9.20. The zero-order chi connectivity index (χ0) is 9.80. The van der Waals surface area contributed by atoms with Gasteiger partial charge in [0.05, 0.1) is 12.2 Å². The summed E-state index contributed by atoms with van der Waals surface area (Å²) in [4.78, 5) is 0. The number of aliphatic hydroxyl groups excluding tert-OH is 1. The number of aliphatic hydroxyl groups is 1. The molecule has 1 aliphatic heterocycles. The summed E-state index contributed by atoms with van der Waals surface area (Å²) in [5.41, 5.74) is 0.688. The van der Waals surface area contributed by atoms with Crippen molar-refractivity contribution in [1.82, 2.24) is 9.59 Å². The number of rotatable bonds is 4. The lowest BCUT2D eigenvalue weighted by molar-refractivity contribution is 0.0802. The maximum Gasteiger partial charge on any atom is 0.104 e. The fraction of sp³-hybridized carbons (Fsp3) is 0.778. The second-order valence-electron chi connectivity index (χ2n) is 3.56. The van der Waals surface area contributed by atoms with Crippen molar-refractivity contribution in [3.05, 3.63) is 11.1 Å². The molecule has 0 saturated carbocycles. The van der Waals surface area contributed by atoms with Gasteiger partial charge in [-0.2, -0.15) is 0 Å². The standard InChI is InChI=1S/C9H14N2O2S/c12-9(8-6-14-11-10-8)4-3-7-2-1-5-13-7/h6-7,9,12H,1-5H2. The first-order chi connectivity index (χ1) is 6.86. The SMILES string of the molecule is OC(CCC1CCCO1)c1csnn1. The summed E-state index contributed by atoms with van der Waals surface area (Å²) in [6, 6.07) is 0. The molecule has 1 aromatic heterocycles. The molecule has 1 saturated heterocycles. The predicted molar refractivity (Wildman–Crippen MR) is 53.1 cm³/mol. The minimum atomic E-state index is -0.474. The Bertz CT molecular complexity index is 260. The third kappa shape index (κ3) is 2.50. The Morgan fingerprint density at radius 1 is 1.71 bits per heavy atom. The molecular weight excluding hydrogens is 200 g/mol. The average Bonchev–Trinajstić information content (AvgIpc) is 2.87. The molecule has 0 amide bonds. The van der Waals surface area contributed by atoms with Crippen molar-refractivity contribution in [2.24, 2.45) is 0 Å². The lowest BCUT2D eigenvalue weighted by Gasteiger charge is -2.11. The van der Waals surface area contributed by atoms with Crippen LogP contribution in [-0.2, 0) is 4.74 Å². The normalized spacial score (nSPS) is 23.9. The van der Waals surface area contributed by atoms with Crippen molar-refractivity contribution in [2.45, 2.75) is 37.9 Å². The van der Waals surface area contributed by atoms with Crippen LogP contribution in [0.2, 0.25) is 0 Å². The highest BCUT2D eigenvalue weighted by Gasteiger charge is 2.18. The highest BCUT2D eigenvalue weighted by molar-refractivity contribution is 7.03. The molecule has 14 heavy (non-hydrogen) atoms. The molecule has 0 aliphatic carbocycles. The largest absolute Gasteiger partial charge is 0.387 e. The first-order valence-corrected chi connectivity index (χ1v) is 5.76. The molecule has 1 aromatic rings. The van der Waals surface area contributed by atoms with Gasteiger partial charge in [0.25, 0.3) is 0 Å². The number of hydrogen-bond acceptors (Lipinski definition) is 5. The maximum absolute atomic E-state index is 9.72. The minimum Gasteiger partial charge on any atom is -0.387 e. The molecule has 2 unspecified atom stereocenters. The van der Waals surface area contributed by atoms with E-state index in [1.165, 1.54) is 11.5 Å². The molecule has 0 bridgehead atoms. The molecule has 0 spiro atoms. The van der Waals surface area contributed by atoms with E-state index in [1.54, 1.807) is 5.38 Å². The van der Waals surface area contributed by atoms with Crippen LogP contribution in [0.15, 0.2) is 5.38 Å². The first-order valence-electron chi connectivity index (χ1n) is 4.93. The number of hydrogen-bond donors (Lipinski definition) is 1. The molecule has 0 radical (unpaired) electrons. The topological polar surface area (TPSA) is 55.2 Å². The average molecular weight is 214 g/mol. The second-order valence-corrected chi connectivity index (χ2v) is 4.17. The van der Waals surface area contributed by atoms with Crippen LogP contribution in [0.25, 0.3) is 0 Å². The van der Waals surface area contributed by atoms with Crippen molar-refractivity contribution in [3.63, 3.8) is 0 Å². The van der Waals surface area contributed by atoms with Gasteiger partial charge in [0.2, 0.25) is 0 Å². The van der Waals surface area contributed by atoms with Crippen LogP contribution in [0.4, 0.5) is 0 Å². The van der Waals surface area contributed by atoms with Crippen LogP contribution in [0.3, 0.4) is 0 Å². The third-order valence-electron chi connectivity index (χ3n) is 2.50. The summed E-state index contributed by atoms with van der Waals surface area (Å²) in [7, 11) is 0. The van der Waals surface area contributed by atoms with Crippen LogP contribution in [0, 0.1) is 0 Å². The molecule has 2 heterocycles. The van der Waals surface area contributed by atoms with Gasteiger partial charge in [0.15, 0.2) is 0 Å².